The highest BCUT2D eigenvalue weighted by molar-refractivity contribution is 5.86. The second-order valence-electron chi connectivity index (χ2n) is 14.8. The number of rotatable bonds is 38. The fourth-order valence-electron chi connectivity index (χ4n) is 5.79. The van der Waals surface area contributed by atoms with Crippen LogP contribution >= 0.6 is 0 Å². The Kier molecular flexibility index (Phi) is 39.1. The van der Waals surface area contributed by atoms with Crippen LogP contribution in [0, 0.1) is 0 Å². The van der Waals surface area contributed by atoms with Gasteiger partial charge < -0.3 is 24.4 Å². The van der Waals surface area contributed by atoms with E-state index in [1.165, 1.54) is 83.5 Å². The van der Waals surface area contributed by atoms with Crippen LogP contribution in [0.4, 0.5) is 4.79 Å². The molecular weight excluding hydrogens is 677 g/mol. The monoisotopic (exact) mass is 759 g/mol. The molecule has 0 unspecified atom stereocenters. The lowest BCUT2D eigenvalue weighted by Gasteiger charge is -2.17. The van der Waals surface area contributed by atoms with Gasteiger partial charge in [-0.05, 0) is 97.6 Å². The van der Waals surface area contributed by atoms with Crippen molar-refractivity contribution < 1.29 is 28.6 Å². The summed E-state index contributed by atoms with van der Waals surface area (Å²) in [6.45, 7) is 6.02. The Morgan fingerprint density at radius 2 is 0.907 bits per heavy atom. The normalized spacial score (nSPS) is 12.5. The minimum absolute atomic E-state index is 0.219. The van der Waals surface area contributed by atoms with Crippen LogP contribution in [0.5, 0.6) is 0 Å². The van der Waals surface area contributed by atoms with E-state index in [0.29, 0.717) is 13.0 Å². The fraction of sp³-hybridized carbons (Fsp3) is 0.761. The van der Waals surface area contributed by atoms with Crippen LogP contribution in [0.2, 0.25) is 0 Å². The highest BCUT2D eigenvalue weighted by Crippen LogP contribution is 2.11. The van der Waals surface area contributed by atoms with Gasteiger partial charge in [-0.2, -0.15) is 0 Å². The molecule has 0 heterocycles. The van der Waals surface area contributed by atoms with Gasteiger partial charge in [0.05, 0.1) is 26.2 Å². The summed E-state index contributed by atoms with van der Waals surface area (Å²) in [5, 5.41) is 2.53. The van der Waals surface area contributed by atoms with Crippen molar-refractivity contribution in [3.8, 4) is 0 Å². The zero-order chi connectivity index (χ0) is 39.6. The Hall–Kier alpha value is -2.87. The number of unbranched alkanes of at least 4 members (excludes halogenated alkanes) is 18. The van der Waals surface area contributed by atoms with Crippen LogP contribution in [0.15, 0.2) is 48.6 Å². The van der Waals surface area contributed by atoms with Gasteiger partial charge in [0.25, 0.3) is 0 Å². The number of carbonyl (C=O) groups is 3. The van der Waals surface area contributed by atoms with Gasteiger partial charge in [0, 0.05) is 6.54 Å². The van der Waals surface area contributed by atoms with Gasteiger partial charge in [-0.1, -0.05) is 140 Å². The molecule has 0 radical (unpaired) electrons. The average Bonchev–Trinajstić information content (AvgIpc) is 3.15. The summed E-state index contributed by atoms with van der Waals surface area (Å²) < 4.78 is 16.1. The van der Waals surface area contributed by atoms with E-state index in [0.717, 1.165) is 77.2 Å². The molecule has 0 fully saturated rings. The largest absolute Gasteiger partial charge is 0.466 e. The lowest BCUT2D eigenvalue weighted by molar-refractivity contribution is -0.152. The number of hydrogen-bond donors (Lipinski definition) is 1. The quantitative estimate of drug-likeness (QED) is 0.0290. The molecule has 8 heteroatoms. The summed E-state index contributed by atoms with van der Waals surface area (Å²) in [7, 11) is 3.89. The Labute approximate surface area is 332 Å². The molecule has 0 aliphatic rings. The highest BCUT2D eigenvalue weighted by Gasteiger charge is 2.27. The molecule has 1 amide bonds. The molecule has 0 aliphatic heterocycles. The van der Waals surface area contributed by atoms with Crippen molar-refractivity contribution in [2.75, 3.05) is 40.5 Å². The van der Waals surface area contributed by atoms with Crippen molar-refractivity contribution in [2.45, 2.75) is 187 Å². The second-order valence-corrected chi connectivity index (χ2v) is 14.8. The van der Waals surface area contributed by atoms with E-state index in [1.54, 1.807) is 0 Å². The lowest BCUT2D eigenvalue weighted by Crippen LogP contribution is -2.44. The number of amides is 1. The van der Waals surface area contributed by atoms with Gasteiger partial charge in [-0.3, -0.25) is 4.79 Å². The number of ether oxygens (including phenoxy) is 3. The van der Waals surface area contributed by atoms with Crippen LogP contribution < -0.4 is 5.32 Å². The van der Waals surface area contributed by atoms with Gasteiger partial charge in [-0.15, -0.1) is 0 Å². The Morgan fingerprint density at radius 1 is 0.500 bits per heavy atom. The molecule has 0 aromatic heterocycles. The SMILES string of the molecule is CCCCC/C=C\C/C=C\CCCCCCCCOC(=O)C[C@H](NC(=O)OCCCN(C)C)C(=O)OCCCCCCCC/C=C\C/C=C\CCCCC. The fourth-order valence-corrected chi connectivity index (χ4v) is 5.79. The summed E-state index contributed by atoms with van der Waals surface area (Å²) in [6.07, 6.45) is 45.1. The molecule has 0 spiro atoms. The van der Waals surface area contributed by atoms with Crippen molar-refractivity contribution in [3.05, 3.63) is 48.6 Å². The van der Waals surface area contributed by atoms with E-state index in [9.17, 15) is 14.4 Å². The first-order valence-corrected chi connectivity index (χ1v) is 21.9. The number of hydrogen-bond acceptors (Lipinski definition) is 7. The number of carbonyl (C=O) groups excluding carboxylic acids is 3. The first kappa shape index (κ1) is 51.1. The van der Waals surface area contributed by atoms with E-state index in [-0.39, 0.29) is 19.6 Å². The molecule has 0 aromatic rings. The first-order valence-electron chi connectivity index (χ1n) is 21.9. The lowest BCUT2D eigenvalue weighted by atomic mass is 10.1. The van der Waals surface area contributed by atoms with Crippen molar-refractivity contribution in [1.82, 2.24) is 10.2 Å². The Morgan fingerprint density at radius 3 is 1.37 bits per heavy atom. The van der Waals surface area contributed by atoms with Gasteiger partial charge in [-0.25, -0.2) is 9.59 Å². The molecular formula is C46H82N2O6. The number of nitrogens with zero attached hydrogens (tertiary/aromatic N) is 1. The molecule has 8 nitrogen and oxygen atoms in total. The standard InChI is InChI=1S/C46H82N2O6/c1-5-7-9-11-13-15-17-19-21-23-25-27-29-31-33-35-39-52-44(49)42-43(47-46(51)54-41-37-38-48(3)4)45(50)53-40-36-34-32-30-28-26-24-22-20-18-16-14-12-10-8-6-2/h13-16,19-22,43H,5-12,17-18,23-42H2,1-4H3,(H,47,51)/b15-13-,16-14-,21-19-,22-20-/t43-/m0/s1. The summed E-state index contributed by atoms with van der Waals surface area (Å²) in [6, 6.07) is -1.14. The van der Waals surface area contributed by atoms with Crippen molar-refractivity contribution in [3.63, 3.8) is 0 Å². The number of nitrogens with one attached hydrogen (secondary N) is 1. The molecule has 0 rings (SSSR count). The van der Waals surface area contributed by atoms with Crippen LogP contribution in [0.25, 0.3) is 0 Å². The van der Waals surface area contributed by atoms with Gasteiger partial charge in [0.2, 0.25) is 0 Å². The van der Waals surface area contributed by atoms with E-state index in [2.05, 4.69) is 67.8 Å². The minimum atomic E-state index is -1.14. The first-order chi connectivity index (χ1) is 26.4. The molecule has 1 atom stereocenters. The molecule has 0 saturated carbocycles. The van der Waals surface area contributed by atoms with E-state index < -0.39 is 24.1 Å². The molecule has 0 saturated heterocycles. The average molecular weight is 759 g/mol. The molecule has 0 bridgehead atoms. The van der Waals surface area contributed by atoms with Crippen LogP contribution in [-0.2, 0) is 23.8 Å². The third kappa shape index (κ3) is 38.8. The highest BCUT2D eigenvalue weighted by atomic mass is 16.6. The molecule has 1 N–H and O–H groups in total. The van der Waals surface area contributed by atoms with Gasteiger partial charge >= 0.3 is 18.0 Å². The predicted octanol–water partition coefficient (Wildman–Crippen LogP) is 12.1. The Bertz CT molecular complexity index is 990. The van der Waals surface area contributed by atoms with Gasteiger partial charge in [0.1, 0.15) is 6.04 Å². The molecule has 0 aliphatic carbocycles. The summed E-state index contributed by atoms with van der Waals surface area (Å²) in [5.74, 6) is -1.16. The van der Waals surface area contributed by atoms with Crippen LogP contribution in [0.1, 0.15) is 181 Å². The minimum Gasteiger partial charge on any atom is -0.466 e. The smallest absolute Gasteiger partial charge is 0.407 e. The van der Waals surface area contributed by atoms with Crippen LogP contribution in [0.3, 0.4) is 0 Å². The predicted molar refractivity (Wildman–Crippen MR) is 227 cm³/mol. The molecule has 312 valence electrons. The maximum Gasteiger partial charge on any atom is 0.407 e. The van der Waals surface area contributed by atoms with Crippen molar-refractivity contribution >= 4 is 18.0 Å². The Balaban J connectivity index is 4.25. The number of allylic oxidation sites excluding steroid dienone is 8. The van der Waals surface area contributed by atoms with E-state index in [4.69, 9.17) is 14.2 Å². The third-order valence-corrected chi connectivity index (χ3v) is 9.13. The van der Waals surface area contributed by atoms with Crippen molar-refractivity contribution in [1.29, 1.82) is 0 Å². The maximum atomic E-state index is 12.9. The second kappa shape index (κ2) is 41.3. The van der Waals surface area contributed by atoms with E-state index in [1.807, 2.05) is 19.0 Å². The number of esters is 2. The third-order valence-electron chi connectivity index (χ3n) is 9.13. The number of alkyl carbamates (subject to hydrolysis) is 1. The summed E-state index contributed by atoms with van der Waals surface area (Å²) in [5.41, 5.74) is 0. The molecule has 0 aromatic carbocycles. The zero-order valence-corrected chi connectivity index (χ0v) is 35.3. The summed E-state index contributed by atoms with van der Waals surface area (Å²) in [4.78, 5) is 39.9. The van der Waals surface area contributed by atoms with Crippen molar-refractivity contribution in [2.24, 2.45) is 0 Å². The summed E-state index contributed by atoms with van der Waals surface area (Å²) >= 11 is 0. The molecule has 54 heavy (non-hydrogen) atoms. The van der Waals surface area contributed by atoms with Crippen LogP contribution in [-0.4, -0.2) is 69.4 Å². The maximum absolute atomic E-state index is 12.9. The topological polar surface area (TPSA) is 94.2 Å². The van der Waals surface area contributed by atoms with E-state index >= 15 is 0 Å². The van der Waals surface area contributed by atoms with Gasteiger partial charge in [0.15, 0.2) is 0 Å². The zero-order valence-electron chi connectivity index (χ0n) is 35.3.